The van der Waals surface area contributed by atoms with Gasteiger partial charge in [0.05, 0.1) is 44.5 Å². The van der Waals surface area contributed by atoms with Crippen molar-refractivity contribution in [3.63, 3.8) is 0 Å². The van der Waals surface area contributed by atoms with Crippen molar-refractivity contribution in [3.05, 3.63) is 117 Å². The molecule has 4 aromatic carbocycles. The van der Waals surface area contributed by atoms with Gasteiger partial charge in [0, 0.05) is 0 Å². The largest absolute Gasteiger partial charge is 0.386 e. The van der Waals surface area contributed by atoms with Crippen LogP contribution in [-0.2, 0) is 9.47 Å². The number of ether oxygens (including phenoxy) is 2. The van der Waals surface area contributed by atoms with Crippen molar-refractivity contribution in [1.29, 1.82) is 0 Å². The molecular formula is C32H13N2O10P. The fraction of sp³-hybridized carbons (Fsp3) is 0. The van der Waals surface area contributed by atoms with Crippen LogP contribution in [0.2, 0.25) is 0 Å². The molecule has 0 radical (unpaired) electrons. The Labute approximate surface area is 253 Å². The lowest BCUT2D eigenvalue weighted by Crippen LogP contribution is -2.30. The topological polar surface area (TPSA) is 162 Å². The van der Waals surface area contributed by atoms with Crippen LogP contribution in [0.15, 0.2) is 72.8 Å². The molecule has 45 heavy (non-hydrogen) atoms. The molecule has 4 heterocycles. The number of fused-ring (bicyclic) bond motifs is 4. The second kappa shape index (κ2) is 9.18. The van der Waals surface area contributed by atoms with Crippen LogP contribution >= 0.6 is 8.88 Å². The second-order valence-electron chi connectivity index (χ2n) is 10.4. The SMILES string of the molecule is O=C1OC(=O)c2cc(-c3ccc4c(c3)C(=O)N(PN3C(=O)c5ccc(-c6ccc7c(c6)C(=O)OC7=O)cc5C3=O)C4=O)ccc21. The normalized spacial score (nSPS) is 16.3. The zero-order valence-corrected chi connectivity index (χ0v) is 23.4. The summed E-state index contributed by atoms with van der Waals surface area (Å²) in [5.41, 5.74) is 2.71. The molecule has 0 N–H and O–H groups in total. The summed E-state index contributed by atoms with van der Waals surface area (Å²) in [6.45, 7) is 0. The predicted octanol–water partition coefficient (Wildman–Crippen LogP) is 4.04. The number of esters is 4. The maximum Gasteiger partial charge on any atom is 0.346 e. The highest BCUT2D eigenvalue weighted by Crippen LogP contribution is 2.41. The van der Waals surface area contributed by atoms with E-state index in [2.05, 4.69) is 9.47 Å². The maximum atomic E-state index is 13.4. The smallest absolute Gasteiger partial charge is 0.346 e. The van der Waals surface area contributed by atoms with Crippen LogP contribution in [0.1, 0.15) is 82.9 Å². The first-order valence-electron chi connectivity index (χ1n) is 13.2. The Bertz CT molecular complexity index is 2070. The highest BCUT2D eigenvalue weighted by Gasteiger charge is 2.43. The summed E-state index contributed by atoms with van der Waals surface area (Å²) in [4.78, 5) is 101. The Kier molecular flexibility index (Phi) is 5.41. The van der Waals surface area contributed by atoms with Gasteiger partial charge in [0.15, 0.2) is 0 Å². The lowest BCUT2D eigenvalue weighted by molar-refractivity contribution is 0.0425. The third-order valence-corrected chi connectivity index (χ3v) is 9.14. The number of carbonyl (C=O) groups is 8. The van der Waals surface area contributed by atoms with Crippen molar-refractivity contribution in [1.82, 2.24) is 9.34 Å². The Balaban J connectivity index is 1.06. The van der Waals surface area contributed by atoms with Crippen LogP contribution in [0.3, 0.4) is 0 Å². The minimum absolute atomic E-state index is 0.0525. The fourth-order valence-corrected chi connectivity index (χ4v) is 6.70. The summed E-state index contributed by atoms with van der Waals surface area (Å²) >= 11 is 0. The lowest BCUT2D eigenvalue weighted by atomic mass is 9.97. The zero-order valence-electron chi connectivity index (χ0n) is 22.4. The van der Waals surface area contributed by atoms with Gasteiger partial charge in [-0.15, -0.1) is 0 Å². The van der Waals surface area contributed by atoms with E-state index in [1.807, 2.05) is 0 Å². The summed E-state index contributed by atoms with van der Waals surface area (Å²) in [6, 6.07) is 18.0. The maximum absolute atomic E-state index is 13.4. The summed E-state index contributed by atoms with van der Waals surface area (Å²) in [6.07, 6.45) is 0. The van der Waals surface area contributed by atoms with Crippen LogP contribution in [0.4, 0.5) is 0 Å². The van der Waals surface area contributed by atoms with Gasteiger partial charge in [-0.05, 0) is 70.8 Å². The molecular weight excluding hydrogens is 603 g/mol. The molecule has 0 saturated heterocycles. The summed E-state index contributed by atoms with van der Waals surface area (Å²) < 4.78 is 10.9. The molecule has 0 fully saturated rings. The molecule has 0 unspecified atom stereocenters. The molecule has 0 bridgehead atoms. The third-order valence-electron chi connectivity index (χ3n) is 7.93. The standard InChI is InChI=1S/C32H13N2O10P/c35-25-17-5-1-13(15-3-7-19-23(11-15)31(41)43-29(19)39)9-21(17)27(37)33(25)45-34-26(36)18-6-2-14(10-22(18)28(34)38)16-4-8-20-24(12-16)32(42)44-30(20)40/h1-12,45H. The van der Waals surface area contributed by atoms with E-state index in [9.17, 15) is 38.4 Å². The van der Waals surface area contributed by atoms with Gasteiger partial charge in [-0.1, -0.05) is 24.3 Å². The van der Waals surface area contributed by atoms with Gasteiger partial charge in [0.25, 0.3) is 23.6 Å². The molecule has 0 aliphatic carbocycles. The number of carbonyl (C=O) groups excluding carboxylic acids is 8. The molecule has 0 atom stereocenters. The molecule has 4 amide bonds. The van der Waals surface area contributed by atoms with Gasteiger partial charge in [0.1, 0.15) is 8.88 Å². The molecule has 8 rings (SSSR count). The molecule has 13 heteroatoms. The van der Waals surface area contributed by atoms with Gasteiger partial charge in [-0.25, -0.2) is 28.5 Å². The van der Waals surface area contributed by atoms with E-state index in [1.165, 1.54) is 48.5 Å². The third kappa shape index (κ3) is 3.76. The van der Waals surface area contributed by atoms with E-state index >= 15 is 0 Å². The van der Waals surface area contributed by atoms with E-state index in [4.69, 9.17) is 0 Å². The highest BCUT2D eigenvalue weighted by molar-refractivity contribution is 7.37. The first kappa shape index (κ1) is 26.5. The molecule has 0 aromatic heterocycles. The van der Waals surface area contributed by atoms with Crippen LogP contribution in [0.25, 0.3) is 22.3 Å². The second-order valence-corrected chi connectivity index (χ2v) is 11.5. The number of nitrogens with zero attached hydrogens (tertiary/aromatic N) is 2. The Hall–Kier alpha value is -6.13. The molecule has 0 spiro atoms. The fourth-order valence-electron chi connectivity index (χ4n) is 5.65. The van der Waals surface area contributed by atoms with Gasteiger partial charge in [0.2, 0.25) is 0 Å². The Morgan fingerprint density at radius 1 is 0.356 bits per heavy atom. The van der Waals surface area contributed by atoms with E-state index in [0.29, 0.717) is 22.3 Å². The van der Waals surface area contributed by atoms with E-state index in [1.54, 1.807) is 24.3 Å². The molecule has 4 aliphatic heterocycles. The molecule has 4 aromatic rings. The number of rotatable bonds is 4. The van der Waals surface area contributed by atoms with Gasteiger partial charge >= 0.3 is 23.9 Å². The average molecular weight is 616 g/mol. The minimum atomic E-state index is -0.952. The molecule has 4 aliphatic rings. The molecule has 12 nitrogen and oxygen atoms in total. The van der Waals surface area contributed by atoms with Gasteiger partial charge in [-0.2, -0.15) is 0 Å². The van der Waals surface area contributed by atoms with E-state index < -0.39 is 56.4 Å². The zero-order chi connectivity index (χ0) is 31.3. The minimum Gasteiger partial charge on any atom is -0.386 e. The van der Waals surface area contributed by atoms with Crippen molar-refractivity contribution in [3.8, 4) is 22.3 Å². The quantitative estimate of drug-likeness (QED) is 0.142. The first-order chi connectivity index (χ1) is 21.6. The lowest BCUT2D eigenvalue weighted by Gasteiger charge is -2.20. The van der Waals surface area contributed by atoms with Crippen molar-refractivity contribution in [2.24, 2.45) is 0 Å². The Morgan fingerprint density at radius 2 is 0.644 bits per heavy atom. The summed E-state index contributed by atoms with van der Waals surface area (Å²) in [5, 5.41) is 0. The van der Waals surface area contributed by atoms with Gasteiger partial charge < -0.3 is 9.47 Å². The van der Waals surface area contributed by atoms with Crippen LogP contribution in [-0.4, -0.2) is 56.8 Å². The average Bonchev–Trinajstić information content (AvgIpc) is 3.67. The first-order valence-corrected chi connectivity index (χ1v) is 14.1. The number of hydrogen-bond donors (Lipinski definition) is 0. The van der Waals surface area contributed by atoms with Crippen molar-refractivity contribution < 1.29 is 47.8 Å². The van der Waals surface area contributed by atoms with Crippen LogP contribution in [0, 0.1) is 0 Å². The monoisotopic (exact) mass is 616 g/mol. The summed E-state index contributed by atoms with van der Waals surface area (Å²) in [7, 11) is -0.952. The van der Waals surface area contributed by atoms with Crippen LogP contribution < -0.4 is 0 Å². The van der Waals surface area contributed by atoms with Crippen LogP contribution in [0.5, 0.6) is 0 Å². The molecule has 216 valence electrons. The predicted molar refractivity (Wildman–Crippen MR) is 153 cm³/mol. The van der Waals surface area contributed by atoms with E-state index in [0.717, 1.165) is 9.34 Å². The number of hydrogen-bond acceptors (Lipinski definition) is 10. The highest BCUT2D eigenvalue weighted by atomic mass is 31.1. The number of cyclic esters (lactones) is 4. The van der Waals surface area contributed by atoms with Gasteiger partial charge in [-0.3, -0.25) is 19.2 Å². The number of imide groups is 2. The van der Waals surface area contributed by atoms with Crippen molar-refractivity contribution in [2.45, 2.75) is 0 Å². The van der Waals surface area contributed by atoms with Crippen molar-refractivity contribution in [2.75, 3.05) is 0 Å². The summed E-state index contributed by atoms with van der Waals surface area (Å²) in [5.74, 6) is -5.82. The van der Waals surface area contributed by atoms with E-state index in [-0.39, 0.29) is 44.5 Å². The van der Waals surface area contributed by atoms with Crippen molar-refractivity contribution >= 4 is 56.4 Å². The molecule has 0 saturated carbocycles. The Morgan fingerprint density at radius 3 is 1.02 bits per heavy atom. The number of amides is 4. The number of benzene rings is 4.